The molecule has 162 valence electrons. The minimum atomic E-state index is -0.153. The van der Waals surface area contributed by atoms with Gasteiger partial charge in [-0.05, 0) is 37.3 Å². The Morgan fingerprint density at radius 2 is 1.66 bits per heavy atom. The molecule has 0 unspecified atom stereocenters. The summed E-state index contributed by atoms with van der Waals surface area (Å²) >= 11 is 0. The fourth-order valence-corrected chi connectivity index (χ4v) is 3.43. The third kappa shape index (κ3) is 4.32. The number of benzene rings is 2. The first-order valence-electron chi connectivity index (χ1n) is 10.3. The molecule has 32 heavy (non-hydrogen) atoms. The number of nitrogens with one attached hydrogen (secondary N) is 2. The number of pyridine rings is 2. The molecule has 0 aliphatic heterocycles. The lowest BCUT2D eigenvalue weighted by Gasteiger charge is -2.19. The zero-order valence-electron chi connectivity index (χ0n) is 18.3. The number of anilines is 3. The standard InChI is InChI=1S/C25H25N5O2/c1-17-21(26-16-24(32)29(2)3)14-20-22(31)15-23(28-18-10-6-4-7-11-18)30(25(20)27-17)19-12-8-5-9-13-19/h4-15,26,28H,16H2,1-3H3. The van der Waals surface area contributed by atoms with Crippen LogP contribution in [-0.2, 0) is 4.79 Å². The molecular formula is C25H25N5O2. The van der Waals surface area contributed by atoms with Gasteiger partial charge >= 0.3 is 0 Å². The highest BCUT2D eigenvalue weighted by Crippen LogP contribution is 2.26. The second-order valence-corrected chi connectivity index (χ2v) is 7.69. The van der Waals surface area contributed by atoms with Crippen LogP contribution in [0.25, 0.3) is 16.7 Å². The highest BCUT2D eigenvalue weighted by molar-refractivity contribution is 5.86. The molecule has 2 N–H and O–H groups in total. The number of hydrogen-bond donors (Lipinski definition) is 2. The fourth-order valence-electron chi connectivity index (χ4n) is 3.43. The maximum atomic E-state index is 13.1. The van der Waals surface area contributed by atoms with E-state index < -0.39 is 0 Å². The average molecular weight is 428 g/mol. The van der Waals surface area contributed by atoms with Crippen molar-refractivity contribution >= 4 is 34.1 Å². The fraction of sp³-hybridized carbons (Fsp3) is 0.160. The molecule has 7 heteroatoms. The zero-order chi connectivity index (χ0) is 22.7. The minimum absolute atomic E-state index is 0.0615. The molecule has 0 spiro atoms. The number of rotatable bonds is 6. The van der Waals surface area contributed by atoms with Crippen molar-refractivity contribution < 1.29 is 4.79 Å². The van der Waals surface area contributed by atoms with Crippen molar-refractivity contribution in [2.75, 3.05) is 31.3 Å². The minimum Gasteiger partial charge on any atom is -0.375 e. The van der Waals surface area contributed by atoms with Crippen molar-refractivity contribution in [1.29, 1.82) is 0 Å². The Bertz CT molecular complexity index is 1320. The van der Waals surface area contributed by atoms with Gasteiger partial charge in [0.2, 0.25) is 5.91 Å². The summed E-state index contributed by atoms with van der Waals surface area (Å²) < 4.78 is 1.94. The Balaban J connectivity index is 1.87. The quantitative estimate of drug-likeness (QED) is 0.487. The first kappa shape index (κ1) is 21.1. The number of fused-ring (bicyclic) bond motifs is 1. The topological polar surface area (TPSA) is 79.3 Å². The van der Waals surface area contributed by atoms with Gasteiger partial charge in [0.1, 0.15) is 11.5 Å². The van der Waals surface area contributed by atoms with Gasteiger partial charge in [0.25, 0.3) is 0 Å². The number of aryl methyl sites for hydroxylation is 1. The second-order valence-electron chi connectivity index (χ2n) is 7.69. The van der Waals surface area contributed by atoms with E-state index in [1.807, 2.05) is 72.2 Å². The number of likely N-dealkylation sites (N-methyl/N-ethyl adjacent to an activating group) is 1. The lowest BCUT2D eigenvalue weighted by Crippen LogP contribution is -2.29. The third-order valence-electron chi connectivity index (χ3n) is 5.17. The molecule has 0 atom stereocenters. The van der Waals surface area contributed by atoms with Crippen molar-refractivity contribution in [2.45, 2.75) is 6.92 Å². The van der Waals surface area contributed by atoms with E-state index in [1.54, 1.807) is 26.2 Å². The van der Waals surface area contributed by atoms with Gasteiger partial charge < -0.3 is 15.5 Å². The van der Waals surface area contributed by atoms with Crippen LogP contribution in [-0.4, -0.2) is 41.0 Å². The first-order chi connectivity index (χ1) is 15.4. The molecule has 0 aliphatic carbocycles. The lowest BCUT2D eigenvalue weighted by atomic mass is 10.2. The number of amides is 1. The summed E-state index contributed by atoms with van der Waals surface area (Å²) in [7, 11) is 3.41. The van der Waals surface area contributed by atoms with Crippen LogP contribution in [0.1, 0.15) is 5.69 Å². The molecule has 0 bridgehead atoms. The summed E-state index contributed by atoms with van der Waals surface area (Å²) in [5.41, 5.74) is 3.50. The van der Waals surface area contributed by atoms with Crippen LogP contribution in [0.4, 0.5) is 17.2 Å². The monoisotopic (exact) mass is 427 g/mol. The molecule has 2 heterocycles. The van der Waals surface area contributed by atoms with Gasteiger partial charge in [-0.25, -0.2) is 4.98 Å². The molecular weight excluding hydrogens is 402 g/mol. The summed E-state index contributed by atoms with van der Waals surface area (Å²) in [6.45, 7) is 1.99. The SMILES string of the molecule is Cc1nc2c(cc1NCC(=O)N(C)C)c(=O)cc(Nc1ccccc1)n2-c1ccccc1. The molecule has 0 radical (unpaired) electrons. The van der Waals surface area contributed by atoms with Crippen LogP contribution in [0.3, 0.4) is 0 Å². The van der Waals surface area contributed by atoms with E-state index >= 15 is 0 Å². The van der Waals surface area contributed by atoms with Gasteiger partial charge in [-0.2, -0.15) is 0 Å². The molecule has 4 rings (SSSR count). The highest BCUT2D eigenvalue weighted by Gasteiger charge is 2.15. The van der Waals surface area contributed by atoms with Gasteiger partial charge in [0, 0.05) is 31.5 Å². The van der Waals surface area contributed by atoms with Crippen LogP contribution in [0.2, 0.25) is 0 Å². The maximum Gasteiger partial charge on any atom is 0.241 e. The Kier molecular flexibility index (Phi) is 5.89. The number of nitrogens with zero attached hydrogens (tertiary/aromatic N) is 3. The van der Waals surface area contributed by atoms with E-state index in [2.05, 4.69) is 10.6 Å². The number of carbonyl (C=O) groups excluding carboxylic acids is 1. The predicted octanol–water partition coefficient (Wildman–Crippen LogP) is 3.94. The van der Waals surface area contributed by atoms with E-state index in [4.69, 9.17) is 4.98 Å². The summed E-state index contributed by atoms with van der Waals surface area (Å²) in [5, 5.41) is 6.93. The number of para-hydroxylation sites is 2. The van der Waals surface area contributed by atoms with E-state index in [0.717, 1.165) is 11.4 Å². The van der Waals surface area contributed by atoms with Gasteiger partial charge in [-0.1, -0.05) is 36.4 Å². The number of hydrogen-bond acceptors (Lipinski definition) is 5. The first-order valence-corrected chi connectivity index (χ1v) is 10.3. The highest BCUT2D eigenvalue weighted by atomic mass is 16.2. The van der Waals surface area contributed by atoms with Gasteiger partial charge in [0.15, 0.2) is 5.43 Å². The van der Waals surface area contributed by atoms with Gasteiger partial charge in [0.05, 0.1) is 23.3 Å². The molecule has 2 aromatic heterocycles. The summed E-state index contributed by atoms with van der Waals surface area (Å²) in [4.78, 5) is 31.4. The van der Waals surface area contributed by atoms with Crippen LogP contribution < -0.4 is 16.1 Å². The van der Waals surface area contributed by atoms with Gasteiger partial charge in [-0.15, -0.1) is 0 Å². The normalized spacial score (nSPS) is 10.7. The Hall–Kier alpha value is -4.13. The lowest BCUT2D eigenvalue weighted by molar-refractivity contribution is -0.126. The molecule has 0 aliphatic rings. The van der Waals surface area contributed by atoms with E-state index in [-0.39, 0.29) is 17.9 Å². The molecule has 7 nitrogen and oxygen atoms in total. The smallest absolute Gasteiger partial charge is 0.241 e. The Labute approximate surface area is 186 Å². The number of aromatic nitrogens is 2. The summed E-state index contributed by atoms with van der Waals surface area (Å²) in [6.07, 6.45) is 0. The van der Waals surface area contributed by atoms with Crippen LogP contribution in [0.5, 0.6) is 0 Å². The van der Waals surface area contributed by atoms with E-state index in [0.29, 0.717) is 28.2 Å². The Morgan fingerprint density at radius 3 is 2.31 bits per heavy atom. The molecule has 0 saturated heterocycles. The van der Waals surface area contributed by atoms with Crippen LogP contribution in [0.15, 0.2) is 77.6 Å². The third-order valence-corrected chi connectivity index (χ3v) is 5.17. The van der Waals surface area contributed by atoms with Gasteiger partial charge in [-0.3, -0.25) is 14.2 Å². The maximum absolute atomic E-state index is 13.1. The zero-order valence-corrected chi connectivity index (χ0v) is 18.3. The summed E-state index contributed by atoms with van der Waals surface area (Å²) in [6, 6.07) is 22.8. The van der Waals surface area contributed by atoms with E-state index in [1.165, 1.54) is 4.90 Å². The molecule has 0 fully saturated rings. The molecule has 4 aromatic rings. The Morgan fingerprint density at radius 1 is 1.00 bits per heavy atom. The van der Waals surface area contributed by atoms with E-state index in [9.17, 15) is 9.59 Å². The summed E-state index contributed by atoms with van der Waals surface area (Å²) in [5.74, 6) is 0.559. The molecule has 2 aromatic carbocycles. The largest absolute Gasteiger partial charge is 0.375 e. The average Bonchev–Trinajstić information content (AvgIpc) is 2.79. The van der Waals surface area contributed by atoms with Crippen molar-refractivity contribution in [3.8, 4) is 5.69 Å². The molecule has 0 saturated carbocycles. The van der Waals surface area contributed by atoms with Crippen molar-refractivity contribution in [1.82, 2.24) is 14.5 Å². The predicted molar refractivity (Wildman–Crippen MR) is 129 cm³/mol. The van der Waals surface area contributed by atoms with Crippen molar-refractivity contribution in [3.05, 3.63) is 88.7 Å². The van der Waals surface area contributed by atoms with Crippen LogP contribution in [0, 0.1) is 6.92 Å². The van der Waals surface area contributed by atoms with Crippen molar-refractivity contribution in [3.63, 3.8) is 0 Å². The van der Waals surface area contributed by atoms with Crippen LogP contribution >= 0.6 is 0 Å². The number of carbonyl (C=O) groups is 1. The van der Waals surface area contributed by atoms with Crippen molar-refractivity contribution in [2.24, 2.45) is 0 Å². The second kappa shape index (κ2) is 8.93. The molecule has 1 amide bonds.